The molecule has 0 saturated heterocycles. The van der Waals surface area contributed by atoms with Crippen molar-refractivity contribution in [2.45, 2.75) is 79.4 Å². The molecule has 0 saturated carbocycles. The Morgan fingerprint density at radius 2 is 1.27 bits per heavy atom. The van der Waals surface area contributed by atoms with Crippen molar-refractivity contribution in [3.05, 3.63) is 0 Å². The van der Waals surface area contributed by atoms with E-state index in [9.17, 15) is 9.59 Å². The van der Waals surface area contributed by atoms with Crippen LogP contribution in [0.25, 0.3) is 0 Å². The highest BCUT2D eigenvalue weighted by atomic mass is 16.6. The normalized spacial score (nSPS) is 13.8. The lowest BCUT2D eigenvalue weighted by Gasteiger charge is -2.18. The van der Waals surface area contributed by atoms with Crippen LogP contribution in [0, 0.1) is 0 Å². The summed E-state index contributed by atoms with van der Waals surface area (Å²) >= 11 is 0. The summed E-state index contributed by atoms with van der Waals surface area (Å²) in [4.78, 5) is 31.1. The van der Waals surface area contributed by atoms with E-state index in [1.54, 1.807) is 48.5 Å². The molecule has 22 heavy (non-hydrogen) atoms. The number of ether oxygens (including phenoxy) is 2. The van der Waals surface area contributed by atoms with Crippen LogP contribution in [0.2, 0.25) is 0 Å². The van der Waals surface area contributed by atoms with Crippen LogP contribution in [0.5, 0.6) is 0 Å². The Hall–Kier alpha value is -1.72. The number of rotatable bonds is 3. The van der Waals surface area contributed by atoms with Crippen molar-refractivity contribution in [2.24, 2.45) is 9.98 Å². The van der Waals surface area contributed by atoms with Gasteiger partial charge in [-0.15, -0.1) is 0 Å². The molecule has 6 nitrogen and oxygen atoms in total. The summed E-state index contributed by atoms with van der Waals surface area (Å²) in [5, 5.41) is 0. The van der Waals surface area contributed by atoms with Gasteiger partial charge in [0.25, 0.3) is 0 Å². The highest BCUT2D eigenvalue weighted by Gasteiger charge is 2.17. The fourth-order valence-corrected chi connectivity index (χ4v) is 1.43. The van der Waals surface area contributed by atoms with Gasteiger partial charge in [-0.3, -0.25) is 0 Å². The molecule has 0 aliphatic carbocycles. The molecule has 0 unspecified atom stereocenters. The van der Waals surface area contributed by atoms with Crippen molar-refractivity contribution in [3.8, 4) is 0 Å². The van der Waals surface area contributed by atoms with Gasteiger partial charge >= 0.3 is 12.2 Å². The van der Waals surface area contributed by atoms with Crippen LogP contribution >= 0.6 is 0 Å². The first-order valence-electron chi connectivity index (χ1n) is 7.39. The Labute approximate surface area is 133 Å². The molecule has 6 heteroatoms. The second-order valence-corrected chi connectivity index (χ2v) is 7.02. The minimum Gasteiger partial charge on any atom is -0.442 e. The van der Waals surface area contributed by atoms with E-state index in [0.717, 1.165) is 0 Å². The second kappa shape index (κ2) is 8.06. The molecule has 0 spiro atoms. The Morgan fingerprint density at radius 3 is 1.64 bits per heavy atom. The summed E-state index contributed by atoms with van der Waals surface area (Å²) < 4.78 is 10.3. The molecular formula is C16H28N2O4. The number of carbonyl (C=O) groups is 2. The number of hydrogen-bond acceptors (Lipinski definition) is 4. The summed E-state index contributed by atoms with van der Waals surface area (Å²) in [6.07, 6.45) is -0.373. The summed E-state index contributed by atoms with van der Waals surface area (Å²) in [5.41, 5.74) is -0.0181. The Morgan fingerprint density at radius 1 is 0.864 bits per heavy atom. The van der Waals surface area contributed by atoms with E-state index in [0.29, 0.717) is 24.3 Å². The van der Waals surface area contributed by atoms with E-state index >= 15 is 0 Å². The van der Waals surface area contributed by atoms with Crippen molar-refractivity contribution < 1.29 is 19.1 Å². The third kappa shape index (κ3) is 11.0. The lowest BCUT2D eigenvalue weighted by Crippen LogP contribution is -2.23. The predicted octanol–water partition coefficient (Wildman–Crippen LogP) is 4.56. The minimum absolute atomic E-state index is 0.328. The smallest absolute Gasteiger partial charge is 0.434 e. The molecule has 0 aliphatic rings. The third-order valence-electron chi connectivity index (χ3n) is 2.19. The van der Waals surface area contributed by atoms with E-state index in [1.807, 2.05) is 6.92 Å². The first-order chi connectivity index (χ1) is 9.82. The fourth-order valence-electron chi connectivity index (χ4n) is 1.43. The summed E-state index contributed by atoms with van der Waals surface area (Å²) in [6, 6.07) is 0. The van der Waals surface area contributed by atoms with Crippen LogP contribution in [-0.2, 0) is 9.47 Å². The molecule has 0 radical (unpaired) electrons. The molecule has 2 amide bonds. The van der Waals surface area contributed by atoms with Gasteiger partial charge in [-0.1, -0.05) is 6.92 Å². The zero-order chi connectivity index (χ0) is 17.6. The number of hydrogen-bond donors (Lipinski definition) is 0. The van der Waals surface area contributed by atoms with Gasteiger partial charge in [0, 0.05) is 17.8 Å². The summed E-state index contributed by atoms with van der Waals surface area (Å²) in [6.45, 7) is 14.2. The van der Waals surface area contributed by atoms with E-state index < -0.39 is 23.4 Å². The quantitative estimate of drug-likeness (QED) is 0.716. The van der Waals surface area contributed by atoms with E-state index in [4.69, 9.17) is 9.47 Å². The molecular weight excluding hydrogens is 284 g/mol. The molecule has 0 N–H and O–H groups in total. The first-order valence-corrected chi connectivity index (χ1v) is 7.39. The first kappa shape index (κ1) is 20.3. The Kier molecular flexibility index (Phi) is 7.43. The summed E-state index contributed by atoms with van der Waals surface area (Å²) in [7, 11) is 0. The lowest BCUT2D eigenvalue weighted by molar-refractivity contribution is 0.0593. The Bertz CT molecular complexity index is 466. The van der Waals surface area contributed by atoms with Crippen molar-refractivity contribution >= 4 is 23.6 Å². The fraction of sp³-hybridized carbons (Fsp3) is 0.750. The maximum absolute atomic E-state index is 11.7. The molecule has 0 rings (SSSR count). The SMILES string of the molecule is CCC(CC(C)=NC(=O)OC(C)(C)C)=NC(=O)OC(C)(C)C. The number of carbonyl (C=O) groups excluding carboxylic acids is 2. The van der Waals surface area contributed by atoms with E-state index in [1.165, 1.54) is 0 Å². The molecule has 0 fully saturated rings. The molecule has 0 aromatic rings. The molecule has 0 bridgehead atoms. The average Bonchev–Trinajstić information content (AvgIpc) is 2.21. The highest BCUT2D eigenvalue weighted by molar-refractivity contribution is 6.08. The number of nitrogens with zero attached hydrogens (tertiary/aromatic N) is 2. The topological polar surface area (TPSA) is 77.3 Å². The van der Waals surface area contributed by atoms with Crippen LogP contribution < -0.4 is 0 Å². The Balaban J connectivity index is 4.80. The molecule has 0 heterocycles. The van der Waals surface area contributed by atoms with Crippen molar-refractivity contribution in [2.75, 3.05) is 0 Å². The third-order valence-corrected chi connectivity index (χ3v) is 2.19. The van der Waals surface area contributed by atoms with Gasteiger partial charge < -0.3 is 9.47 Å². The van der Waals surface area contributed by atoms with Crippen LogP contribution in [0.3, 0.4) is 0 Å². The molecule has 0 aliphatic heterocycles. The van der Waals surface area contributed by atoms with Crippen molar-refractivity contribution in [3.63, 3.8) is 0 Å². The van der Waals surface area contributed by atoms with Gasteiger partial charge in [-0.25, -0.2) is 9.59 Å². The molecule has 0 atom stereocenters. The predicted molar refractivity (Wildman–Crippen MR) is 87.9 cm³/mol. The molecule has 126 valence electrons. The summed E-state index contributed by atoms with van der Waals surface area (Å²) in [5.74, 6) is 0. The zero-order valence-corrected chi connectivity index (χ0v) is 14.9. The van der Waals surface area contributed by atoms with Crippen molar-refractivity contribution in [1.82, 2.24) is 0 Å². The molecule has 0 aromatic heterocycles. The van der Waals surface area contributed by atoms with Crippen LogP contribution in [-0.4, -0.2) is 34.8 Å². The second-order valence-electron chi connectivity index (χ2n) is 7.02. The zero-order valence-electron chi connectivity index (χ0n) is 14.9. The standard InChI is InChI=1S/C16H28N2O4/c1-9-12(18-14(20)22-16(6,7)8)10-11(2)17-13(19)21-15(3,4)5/h9-10H2,1-8H3. The average molecular weight is 312 g/mol. The van der Waals surface area contributed by atoms with Crippen LogP contribution in [0.4, 0.5) is 9.59 Å². The lowest BCUT2D eigenvalue weighted by atomic mass is 10.1. The van der Waals surface area contributed by atoms with E-state index in [-0.39, 0.29) is 0 Å². The maximum Gasteiger partial charge on any atom is 0.434 e. The molecule has 0 aromatic carbocycles. The highest BCUT2D eigenvalue weighted by Crippen LogP contribution is 2.10. The minimum atomic E-state index is -0.641. The maximum atomic E-state index is 11.7. The number of amides is 2. The van der Waals surface area contributed by atoms with Crippen molar-refractivity contribution in [1.29, 1.82) is 0 Å². The van der Waals surface area contributed by atoms with Gasteiger partial charge in [-0.2, -0.15) is 9.98 Å². The van der Waals surface area contributed by atoms with Gasteiger partial charge in [0.1, 0.15) is 11.2 Å². The number of aliphatic imine (C=N–C) groups is 2. The van der Waals surface area contributed by atoms with Gasteiger partial charge in [0.2, 0.25) is 0 Å². The van der Waals surface area contributed by atoms with Crippen LogP contribution in [0.1, 0.15) is 68.2 Å². The van der Waals surface area contributed by atoms with Gasteiger partial charge in [0.15, 0.2) is 0 Å². The van der Waals surface area contributed by atoms with Gasteiger partial charge in [-0.05, 0) is 54.9 Å². The largest absolute Gasteiger partial charge is 0.442 e. The van der Waals surface area contributed by atoms with E-state index in [2.05, 4.69) is 9.98 Å². The van der Waals surface area contributed by atoms with Crippen LogP contribution in [0.15, 0.2) is 9.98 Å². The monoisotopic (exact) mass is 312 g/mol. The van der Waals surface area contributed by atoms with Gasteiger partial charge in [0.05, 0.1) is 0 Å².